The van der Waals surface area contributed by atoms with Crippen molar-refractivity contribution in [2.24, 2.45) is 0 Å². The van der Waals surface area contributed by atoms with Crippen LogP contribution in [0.1, 0.15) is 44.9 Å². The van der Waals surface area contributed by atoms with Crippen LogP contribution < -0.4 is 0 Å². The molecule has 2 aliphatic heterocycles. The molecule has 1 spiro atoms. The lowest BCUT2D eigenvalue weighted by Gasteiger charge is -2.41. The Bertz CT molecular complexity index is 258. The molecule has 3 rings (SSSR count). The van der Waals surface area contributed by atoms with Gasteiger partial charge in [0.15, 0.2) is 0 Å². The van der Waals surface area contributed by atoms with Crippen molar-refractivity contribution in [3.8, 4) is 0 Å². The summed E-state index contributed by atoms with van der Waals surface area (Å²) in [4.78, 5) is 13.7. The maximum atomic E-state index is 11.7. The Morgan fingerprint density at radius 2 is 2.07 bits per heavy atom. The van der Waals surface area contributed by atoms with E-state index in [2.05, 4.69) is 0 Å². The quantitative estimate of drug-likeness (QED) is 0.593. The monoisotopic (exact) mass is 195 g/mol. The number of carbonyl (C=O) groups excluding carboxylic acids is 1. The van der Waals surface area contributed by atoms with E-state index in [1.165, 1.54) is 19.3 Å². The van der Waals surface area contributed by atoms with Crippen molar-refractivity contribution in [2.45, 2.75) is 56.6 Å². The van der Waals surface area contributed by atoms with Gasteiger partial charge in [-0.15, -0.1) is 0 Å². The minimum Gasteiger partial charge on any atom is -0.443 e. The summed E-state index contributed by atoms with van der Waals surface area (Å²) in [6, 6.07) is 0.495. The van der Waals surface area contributed by atoms with Crippen LogP contribution in [0.25, 0.3) is 0 Å². The van der Waals surface area contributed by atoms with Gasteiger partial charge < -0.3 is 9.64 Å². The second-order valence-electron chi connectivity index (χ2n) is 4.95. The standard InChI is InChI=1S/C11H17NO2/c13-10-12-7-3-4-9(12)8-11(14-10)5-1-2-6-11/h9H,1-8H2/t9-/m0/s1. The Balaban J connectivity index is 1.82. The third kappa shape index (κ3) is 1.14. The fourth-order valence-corrected chi connectivity index (χ4v) is 3.33. The van der Waals surface area contributed by atoms with E-state index in [0.29, 0.717) is 6.04 Å². The number of amides is 1. The largest absolute Gasteiger partial charge is 0.443 e. The third-order valence-electron chi connectivity index (χ3n) is 4.04. The van der Waals surface area contributed by atoms with Gasteiger partial charge in [0.2, 0.25) is 0 Å². The van der Waals surface area contributed by atoms with Crippen LogP contribution in [0.4, 0.5) is 4.79 Å². The normalized spacial score (nSPS) is 34.7. The van der Waals surface area contributed by atoms with Crippen LogP contribution in [-0.2, 0) is 4.74 Å². The van der Waals surface area contributed by atoms with E-state index in [0.717, 1.165) is 32.2 Å². The highest BCUT2D eigenvalue weighted by atomic mass is 16.6. The van der Waals surface area contributed by atoms with Gasteiger partial charge in [-0.2, -0.15) is 0 Å². The molecule has 0 aromatic rings. The molecule has 1 saturated carbocycles. The molecule has 0 N–H and O–H groups in total. The number of fused-ring (bicyclic) bond motifs is 1. The van der Waals surface area contributed by atoms with Gasteiger partial charge in [-0.05, 0) is 38.5 Å². The van der Waals surface area contributed by atoms with Gasteiger partial charge in [0.1, 0.15) is 5.60 Å². The van der Waals surface area contributed by atoms with E-state index in [1.807, 2.05) is 4.90 Å². The lowest BCUT2D eigenvalue weighted by atomic mass is 9.90. The summed E-state index contributed by atoms with van der Waals surface area (Å²) < 4.78 is 5.64. The first kappa shape index (κ1) is 8.57. The highest BCUT2D eigenvalue weighted by molar-refractivity contribution is 5.70. The van der Waals surface area contributed by atoms with Crippen molar-refractivity contribution in [1.29, 1.82) is 0 Å². The molecule has 0 aromatic heterocycles. The fourth-order valence-electron chi connectivity index (χ4n) is 3.33. The van der Waals surface area contributed by atoms with E-state index in [-0.39, 0.29) is 11.7 Å². The molecule has 0 bridgehead atoms. The lowest BCUT2D eigenvalue weighted by Crippen LogP contribution is -2.51. The molecule has 78 valence electrons. The third-order valence-corrected chi connectivity index (χ3v) is 4.04. The molecule has 1 atom stereocenters. The van der Waals surface area contributed by atoms with Crippen LogP contribution in [0.5, 0.6) is 0 Å². The van der Waals surface area contributed by atoms with Gasteiger partial charge in [0.05, 0.1) is 0 Å². The average Bonchev–Trinajstić information content (AvgIpc) is 2.75. The summed E-state index contributed by atoms with van der Waals surface area (Å²) in [6.07, 6.45) is 8.08. The number of hydrogen-bond acceptors (Lipinski definition) is 2. The van der Waals surface area contributed by atoms with Gasteiger partial charge in [-0.1, -0.05) is 0 Å². The van der Waals surface area contributed by atoms with Gasteiger partial charge in [-0.25, -0.2) is 4.79 Å². The first-order valence-corrected chi connectivity index (χ1v) is 5.79. The highest BCUT2D eigenvalue weighted by Crippen LogP contribution is 2.43. The highest BCUT2D eigenvalue weighted by Gasteiger charge is 2.48. The average molecular weight is 195 g/mol. The maximum absolute atomic E-state index is 11.7. The predicted molar refractivity (Wildman–Crippen MR) is 52.0 cm³/mol. The van der Waals surface area contributed by atoms with E-state index >= 15 is 0 Å². The Kier molecular flexibility index (Phi) is 1.76. The molecule has 14 heavy (non-hydrogen) atoms. The Morgan fingerprint density at radius 1 is 1.29 bits per heavy atom. The van der Waals surface area contributed by atoms with Crippen molar-refractivity contribution in [1.82, 2.24) is 4.90 Å². The second kappa shape index (κ2) is 2.88. The molecule has 0 unspecified atom stereocenters. The Morgan fingerprint density at radius 3 is 2.86 bits per heavy atom. The molecule has 2 saturated heterocycles. The summed E-state index contributed by atoms with van der Waals surface area (Å²) >= 11 is 0. The van der Waals surface area contributed by atoms with Gasteiger partial charge >= 0.3 is 6.09 Å². The van der Waals surface area contributed by atoms with E-state index in [1.54, 1.807) is 0 Å². The Hall–Kier alpha value is -0.730. The SMILES string of the molecule is O=C1OC2(CCCC2)C[C@@H]2CCCN12. The van der Waals surface area contributed by atoms with Crippen molar-refractivity contribution >= 4 is 6.09 Å². The van der Waals surface area contributed by atoms with Crippen molar-refractivity contribution in [3.05, 3.63) is 0 Å². The molecule has 3 heteroatoms. The number of ether oxygens (including phenoxy) is 1. The molecule has 1 amide bonds. The van der Waals surface area contributed by atoms with Gasteiger partial charge in [0, 0.05) is 19.0 Å². The summed E-state index contributed by atoms with van der Waals surface area (Å²) in [5, 5.41) is 0. The molecular formula is C11H17NO2. The van der Waals surface area contributed by atoms with Crippen LogP contribution in [0.3, 0.4) is 0 Å². The minimum atomic E-state index is -0.0530. The van der Waals surface area contributed by atoms with E-state index < -0.39 is 0 Å². The van der Waals surface area contributed by atoms with Crippen molar-refractivity contribution in [2.75, 3.05) is 6.54 Å². The van der Waals surface area contributed by atoms with Crippen molar-refractivity contribution < 1.29 is 9.53 Å². The van der Waals surface area contributed by atoms with Crippen LogP contribution in [0.15, 0.2) is 0 Å². The maximum Gasteiger partial charge on any atom is 0.410 e. The molecule has 3 aliphatic rings. The van der Waals surface area contributed by atoms with E-state index in [9.17, 15) is 4.79 Å². The second-order valence-corrected chi connectivity index (χ2v) is 4.95. The Labute approximate surface area is 84.4 Å². The fraction of sp³-hybridized carbons (Fsp3) is 0.909. The number of carbonyl (C=O) groups is 1. The molecule has 0 radical (unpaired) electrons. The molecule has 2 heterocycles. The zero-order valence-electron chi connectivity index (χ0n) is 8.50. The predicted octanol–water partition coefficient (Wildman–Crippen LogP) is 2.30. The zero-order valence-corrected chi connectivity index (χ0v) is 8.50. The first-order valence-electron chi connectivity index (χ1n) is 5.79. The van der Waals surface area contributed by atoms with Crippen molar-refractivity contribution in [3.63, 3.8) is 0 Å². The zero-order chi connectivity index (χ0) is 9.60. The molecule has 3 fully saturated rings. The van der Waals surface area contributed by atoms with Crippen LogP contribution in [0.2, 0.25) is 0 Å². The smallest absolute Gasteiger partial charge is 0.410 e. The topological polar surface area (TPSA) is 29.5 Å². The summed E-state index contributed by atoms with van der Waals surface area (Å²) in [5.41, 5.74) is -0.0530. The van der Waals surface area contributed by atoms with Crippen LogP contribution >= 0.6 is 0 Å². The summed E-state index contributed by atoms with van der Waals surface area (Å²) in [7, 11) is 0. The van der Waals surface area contributed by atoms with Gasteiger partial charge in [0.25, 0.3) is 0 Å². The molecule has 1 aliphatic carbocycles. The number of hydrogen-bond donors (Lipinski definition) is 0. The lowest BCUT2D eigenvalue weighted by molar-refractivity contribution is -0.0561. The van der Waals surface area contributed by atoms with Gasteiger partial charge in [-0.3, -0.25) is 0 Å². The van der Waals surface area contributed by atoms with Crippen LogP contribution in [0, 0.1) is 0 Å². The molecular weight excluding hydrogens is 178 g/mol. The number of nitrogens with zero attached hydrogens (tertiary/aromatic N) is 1. The molecule has 0 aromatic carbocycles. The minimum absolute atomic E-state index is 0.0411. The van der Waals surface area contributed by atoms with Crippen LogP contribution in [-0.4, -0.2) is 29.2 Å². The van der Waals surface area contributed by atoms with E-state index in [4.69, 9.17) is 4.74 Å². The summed E-state index contributed by atoms with van der Waals surface area (Å²) in [5.74, 6) is 0. The first-order chi connectivity index (χ1) is 6.79. The number of rotatable bonds is 0. The summed E-state index contributed by atoms with van der Waals surface area (Å²) in [6.45, 7) is 0.916. The molecule has 3 nitrogen and oxygen atoms in total.